The van der Waals surface area contributed by atoms with Crippen molar-refractivity contribution in [2.24, 2.45) is 5.92 Å². The van der Waals surface area contributed by atoms with E-state index in [1.165, 1.54) is 0 Å². The van der Waals surface area contributed by atoms with Crippen molar-refractivity contribution in [3.63, 3.8) is 0 Å². The Hall–Kier alpha value is -1.85. The highest BCUT2D eigenvalue weighted by Gasteiger charge is 2.23. The summed E-state index contributed by atoms with van der Waals surface area (Å²) in [6, 6.07) is 9.14. The molecule has 1 aliphatic heterocycles. The van der Waals surface area contributed by atoms with Crippen LogP contribution in [0.2, 0.25) is 5.02 Å². The number of carbonyl (C=O) groups excluding carboxylic acids is 1. The molecule has 5 nitrogen and oxygen atoms in total. The van der Waals surface area contributed by atoms with E-state index >= 15 is 0 Å². The highest BCUT2D eigenvalue weighted by atomic mass is 35.5. The van der Waals surface area contributed by atoms with Crippen molar-refractivity contribution in [2.45, 2.75) is 6.42 Å². The van der Waals surface area contributed by atoms with Gasteiger partial charge in [-0.3, -0.25) is 4.79 Å². The average Bonchev–Trinajstić information content (AvgIpc) is 3.09. The zero-order chi connectivity index (χ0) is 13.9. The Balaban J connectivity index is 1.81. The number of halogens is 1. The quantitative estimate of drug-likeness (QED) is 0.910. The number of nitrogens with zero attached hydrogens (tertiary/aromatic N) is 2. The SMILES string of the molecule is O=C(Nc1ccnn1-c1cccc(Cl)c1)C1CCNC1. The van der Waals surface area contributed by atoms with Gasteiger partial charge in [-0.25, -0.2) is 4.68 Å². The highest BCUT2D eigenvalue weighted by Crippen LogP contribution is 2.19. The van der Waals surface area contributed by atoms with Gasteiger partial charge in [-0.05, 0) is 31.2 Å². The van der Waals surface area contributed by atoms with Crippen molar-refractivity contribution in [3.8, 4) is 5.69 Å². The van der Waals surface area contributed by atoms with Gasteiger partial charge in [0.15, 0.2) is 0 Å². The molecule has 6 heteroatoms. The van der Waals surface area contributed by atoms with Crippen LogP contribution in [0.4, 0.5) is 5.82 Å². The first-order valence-corrected chi connectivity index (χ1v) is 6.93. The van der Waals surface area contributed by atoms with Gasteiger partial charge in [0, 0.05) is 17.6 Å². The van der Waals surface area contributed by atoms with Gasteiger partial charge in [-0.2, -0.15) is 5.10 Å². The molecule has 0 saturated carbocycles. The third-order valence-electron chi connectivity index (χ3n) is 3.38. The standard InChI is InChI=1S/C14H15ClN4O/c15-11-2-1-3-12(8-11)19-13(5-7-17-19)18-14(20)10-4-6-16-9-10/h1-3,5,7-8,10,16H,4,6,9H2,(H,18,20). The van der Waals surface area contributed by atoms with Crippen LogP contribution in [0.3, 0.4) is 0 Å². The number of hydrogen-bond donors (Lipinski definition) is 2. The molecule has 1 aromatic heterocycles. The van der Waals surface area contributed by atoms with E-state index in [-0.39, 0.29) is 11.8 Å². The van der Waals surface area contributed by atoms with Crippen molar-refractivity contribution in [3.05, 3.63) is 41.6 Å². The summed E-state index contributed by atoms with van der Waals surface area (Å²) in [7, 11) is 0. The second-order valence-electron chi connectivity index (χ2n) is 4.79. The number of benzene rings is 1. The summed E-state index contributed by atoms with van der Waals surface area (Å²) < 4.78 is 1.67. The molecule has 2 aromatic rings. The summed E-state index contributed by atoms with van der Waals surface area (Å²) in [6.07, 6.45) is 2.53. The van der Waals surface area contributed by atoms with Crippen molar-refractivity contribution >= 4 is 23.3 Å². The molecule has 0 spiro atoms. The molecule has 1 saturated heterocycles. The first kappa shape index (κ1) is 13.1. The lowest BCUT2D eigenvalue weighted by Crippen LogP contribution is -2.25. The van der Waals surface area contributed by atoms with E-state index in [2.05, 4.69) is 15.7 Å². The van der Waals surface area contributed by atoms with Crippen LogP contribution >= 0.6 is 11.6 Å². The summed E-state index contributed by atoms with van der Waals surface area (Å²) in [5.74, 6) is 0.709. The molecule has 1 aliphatic rings. The zero-order valence-corrected chi connectivity index (χ0v) is 11.6. The minimum Gasteiger partial charge on any atom is -0.316 e. The molecule has 1 fully saturated rings. The molecule has 3 rings (SSSR count). The number of carbonyl (C=O) groups is 1. The normalized spacial score (nSPS) is 18.1. The maximum atomic E-state index is 12.1. The lowest BCUT2D eigenvalue weighted by Gasteiger charge is -2.12. The summed E-state index contributed by atoms with van der Waals surface area (Å²) in [4.78, 5) is 12.1. The number of anilines is 1. The van der Waals surface area contributed by atoms with E-state index in [0.717, 1.165) is 25.2 Å². The Bertz CT molecular complexity index is 619. The second-order valence-corrected chi connectivity index (χ2v) is 5.22. The third kappa shape index (κ3) is 2.69. The number of hydrogen-bond acceptors (Lipinski definition) is 3. The van der Waals surface area contributed by atoms with Crippen LogP contribution in [0.1, 0.15) is 6.42 Å². The molecule has 1 atom stereocenters. The van der Waals surface area contributed by atoms with E-state index in [9.17, 15) is 4.79 Å². The summed E-state index contributed by atoms with van der Waals surface area (Å²) in [5, 5.41) is 11.0. The summed E-state index contributed by atoms with van der Waals surface area (Å²) in [6.45, 7) is 1.63. The van der Waals surface area contributed by atoms with E-state index < -0.39 is 0 Å². The molecule has 2 heterocycles. The van der Waals surface area contributed by atoms with Crippen molar-refractivity contribution < 1.29 is 4.79 Å². The molecule has 0 bridgehead atoms. The van der Waals surface area contributed by atoms with Crippen LogP contribution in [0.25, 0.3) is 5.69 Å². The minimum absolute atomic E-state index is 0.0257. The Morgan fingerprint density at radius 1 is 1.45 bits per heavy atom. The van der Waals surface area contributed by atoms with Gasteiger partial charge < -0.3 is 10.6 Å². The molecule has 20 heavy (non-hydrogen) atoms. The van der Waals surface area contributed by atoms with Crippen LogP contribution in [-0.4, -0.2) is 28.8 Å². The van der Waals surface area contributed by atoms with E-state index in [1.807, 2.05) is 12.1 Å². The largest absolute Gasteiger partial charge is 0.316 e. The van der Waals surface area contributed by atoms with E-state index in [0.29, 0.717) is 10.8 Å². The first-order chi connectivity index (χ1) is 9.74. The smallest absolute Gasteiger partial charge is 0.229 e. The van der Waals surface area contributed by atoms with Crippen molar-refractivity contribution in [2.75, 3.05) is 18.4 Å². The summed E-state index contributed by atoms with van der Waals surface area (Å²) in [5.41, 5.74) is 0.822. The molecule has 1 aromatic carbocycles. The van der Waals surface area contributed by atoms with Gasteiger partial charge in [-0.15, -0.1) is 0 Å². The number of nitrogens with one attached hydrogen (secondary N) is 2. The Morgan fingerprint density at radius 3 is 3.10 bits per heavy atom. The first-order valence-electron chi connectivity index (χ1n) is 6.55. The number of rotatable bonds is 3. The van der Waals surface area contributed by atoms with Crippen LogP contribution in [0, 0.1) is 5.92 Å². The van der Waals surface area contributed by atoms with Crippen LogP contribution in [0.5, 0.6) is 0 Å². The fourth-order valence-corrected chi connectivity index (χ4v) is 2.50. The molecule has 1 amide bonds. The monoisotopic (exact) mass is 290 g/mol. The molecule has 104 valence electrons. The maximum Gasteiger partial charge on any atom is 0.229 e. The molecule has 2 N–H and O–H groups in total. The highest BCUT2D eigenvalue weighted by molar-refractivity contribution is 6.30. The predicted molar refractivity (Wildman–Crippen MR) is 78.2 cm³/mol. The Labute approximate surface area is 121 Å². The van der Waals surface area contributed by atoms with Crippen LogP contribution in [-0.2, 0) is 4.79 Å². The second kappa shape index (κ2) is 5.64. The minimum atomic E-state index is 0.0257. The van der Waals surface area contributed by atoms with Gasteiger partial charge in [0.2, 0.25) is 5.91 Å². The fraction of sp³-hybridized carbons (Fsp3) is 0.286. The third-order valence-corrected chi connectivity index (χ3v) is 3.61. The Kier molecular flexibility index (Phi) is 3.71. The maximum absolute atomic E-state index is 12.1. The van der Waals surface area contributed by atoms with Crippen molar-refractivity contribution in [1.29, 1.82) is 0 Å². The van der Waals surface area contributed by atoms with Gasteiger partial charge in [0.05, 0.1) is 17.8 Å². The van der Waals surface area contributed by atoms with E-state index in [4.69, 9.17) is 11.6 Å². The van der Waals surface area contributed by atoms with Gasteiger partial charge in [0.25, 0.3) is 0 Å². The number of aromatic nitrogens is 2. The van der Waals surface area contributed by atoms with Crippen LogP contribution in [0.15, 0.2) is 36.5 Å². The van der Waals surface area contributed by atoms with Crippen LogP contribution < -0.4 is 10.6 Å². The molecule has 0 aliphatic carbocycles. The molecular formula is C14H15ClN4O. The molecular weight excluding hydrogens is 276 g/mol. The Morgan fingerprint density at radius 2 is 2.35 bits per heavy atom. The van der Waals surface area contributed by atoms with Gasteiger partial charge in [0.1, 0.15) is 5.82 Å². The number of amides is 1. The lowest BCUT2D eigenvalue weighted by molar-refractivity contribution is -0.119. The molecule has 1 unspecified atom stereocenters. The predicted octanol–water partition coefficient (Wildman–Crippen LogP) is 2.07. The van der Waals surface area contributed by atoms with E-state index in [1.54, 1.807) is 29.1 Å². The lowest BCUT2D eigenvalue weighted by atomic mass is 10.1. The summed E-state index contributed by atoms with van der Waals surface area (Å²) >= 11 is 5.99. The molecule has 0 radical (unpaired) electrons. The zero-order valence-electron chi connectivity index (χ0n) is 10.8. The fourth-order valence-electron chi connectivity index (χ4n) is 2.32. The van der Waals surface area contributed by atoms with Gasteiger partial charge >= 0.3 is 0 Å². The average molecular weight is 291 g/mol. The van der Waals surface area contributed by atoms with Gasteiger partial charge in [-0.1, -0.05) is 17.7 Å². The van der Waals surface area contributed by atoms with Crippen molar-refractivity contribution in [1.82, 2.24) is 15.1 Å². The topological polar surface area (TPSA) is 59.0 Å².